The van der Waals surface area contributed by atoms with Crippen LogP contribution in [0, 0.1) is 0 Å². The summed E-state index contributed by atoms with van der Waals surface area (Å²) in [5, 5.41) is 15.0. The summed E-state index contributed by atoms with van der Waals surface area (Å²) in [4.78, 5) is 25.9. The summed E-state index contributed by atoms with van der Waals surface area (Å²) < 4.78 is 0. The van der Waals surface area contributed by atoms with Gasteiger partial charge in [0.05, 0.1) is 17.2 Å². The van der Waals surface area contributed by atoms with Crippen molar-refractivity contribution in [1.29, 1.82) is 0 Å². The van der Waals surface area contributed by atoms with Crippen molar-refractivity contribution in [3.05, 3.63) is 28.8 Å². The minimum atomic E-state index is -0.309. The van der Waals surface area contributed by atoms with E-state index in [1.807, 2.05) is 6.92 Å². The lowest BCUT2D eigenvalue weighted by Crippen LogP contribution is -2.37. The van der Waals surface area contributed by atoms with Crippen molar-refractivity contribution in [3.63, 3.8) is 0 Å². The van der Waals surface area contributed by atoms with E-state index in [1.54, 1.807) is 18.2 Å². The van der Waals surface area contributed by atoms with Crippen LogP contribution in [-0.4, -0.2) is 47.7 Å². The first kappa shape index (κ1) is 17.6. The van der Waals surface area contributed by atoms with E-state index in [9.17, 15) is 9.59 Å². The zero-order chi connectivity index (χ0) is 16.8. The molecule has 23 heavy (non-hydrogen) atoms. The predicted molar refractivity (Wildman–Crippen MR) is 89.9 cm³/mol. The number of anilines is 1. The van der Waals surface area contributed by atoms with Crippen LogP contribution in [0.4, 0.5) is 10.5 Å². The van der Waals surface area contributed by atoms with Crippen LogP contribution in [0.2, 0.25) is 5.02 Å². The molecule has 0 saturated heterocycles. The number of rotatable bonds is 7. The molecule has 2 rings (SSSR count). The SMILES string of the molecule is CCCN(CCO)C(=O)Nc1ccc(Cl)c(C(=O)NC2CC2)c1. The number of aliphatic hydroxyl groups is 1. The molecule has 1 aromatic carbocycles. The molecule has 0 aromatic heterocycles. The van der Waals surface area contributed by atoms with Gasteiger partial charge in [-0.1, -0.05) is 18.5 Å². The maximum Gasteiger partial charge on any atom is 0.321 e. The highest BCUT2D eigenvalue weighted by molar-refractivity contribution is 6.34. The summed E-state index contributed by atoms with van der Waals surface area (Å²) in [7, 11) is 0. The highest BCUT2D eigenvalue weighted by Gasteiger charge is 2.25. The standard InChI is InChI=1S/C16H22ClN3O3/c1-2-7-20(8-9-21)16(23)19-12-5-6-14(17)13(10-12)15(22)18-11-3-4-11/h5-6,10-11,21H,2-4,7-9H2,1H3,(H,18,22)(H,19,23). The molecular weight excluding hydrogens is 318 g/mol. The lowest BCUT2D eigenvalue weighted by molar-refractivity contribution is 0.0951. The number of benzene rings is 1. The van der Waals surface area contributed by atoms with Crippen LogP contribution < -0.4 is 10.6 Å². The average Bonchev–Trinajstić information content (AvgIpc) is 3.32. The first-order valence-electron chi connectivity index (χ1n) is 7.82. The van der Waals surface area contributed by atoms with Gasteiger partial charge in [-0.25, -0.2) is 4.79 Å². The summed E-state index contributed by atoms with van der Waals surface area (Å²) in [5.74, 6) is -0.227. The van der Waals surface area contributed by atoms with Crippen LogP contribution in [0.5, 0.6) is 0 Å². The highest BCUT2D eigenvalue weighted by Crippen LogP contribution is 2.24. The third-order valence-electron chi connectivity index (χ3n) is 3.53. The lowest BCUT2D eigenvalue weighted by Gasteiger charge is -2.21. The number of halogens is 1. The van der Waals surface area contributed by atoms with E-state index >= 15 is 0 Å². The Hall–Kier alpha value is -1.79. The molecule has 1 aliphatic carbocycles. The number of carbonyl (C=O) groups excluding carboxylic acids is 2. The van der Waals surface area contributed by atoms with E-state index in [2.05, 4.69) is 10.6 Å². The van der Waals surface area contributed by atoms with E-state index in [0.29, 0.717) is 22.8 Å². The third kappa shape index (κ3) is 5.11. The molecule has 0 unspecified atom stereocenters. The number of hydrogen-bond acceptors (Lipinski definition) is 3. The van der Waals surface area contributed by atoms with Crippen LogP contribution >= 0.6 is 11.6 Å². The van der Waals surface area contributed by atoms with Crippen LogP contribution in [0.15, 0.2) is 18.2 Å². The van der Waals surface area contributed by atoms with Gasteiger partial charge in [-0.3, -0.25) is 4.79 Å². The van der Waals surface area contributed by atoms with E-state index < -0.39 is 0 Å². The summed E-state index contributed by atoms with van der Waals surface area (Å²) in [5.41, 5.74) is 0.847. The van der Waals surface area contributed by atoms with Crippen molar-refractivity contribution < 1.29 is 14.7 Å². The number of aliphatic hydroxyl groups excluding tert-OH is 1. The highest BCUT2D eigenvalue weighted by atomic mass is 35.5. The van der Waals surface area contributed by atoms with Crippen LogP contribution in [-0.2, 0) is 0 Å². The largest absolute Gasteiger partial charge is 0.395 e. The number of carbonyl (C=O) groups is 2. The average molecular weight is 340 g/mol. The maximum absolute atomic E-state index is 12.2. The Kier molecular flexibility index (Phi) is 6.24. The van der Waals surface area contributed by atoms with Gasteiger partial charge in [0.2, 0.25) is 0 Å². The number of amides is 3. The van der Waals surface area contributed by atoms with Crippen molar-refractivity contribution in [2.75, 3.05) is 25.0 Å². The monoisotopic (exact) mass is 339 g/mol. The van der Waals surface area contributed by atoms with Gasteiger partial charge in [0.15, 0.2) is 0 Å². The molecule has 0 heterocycles. The number of nitrogens with zero attached hydrogens (tertiary/aromatic N) is 1. The molecule has 0 atom stereocenters. The quantitative estimate of drug-likeness (QED) is 0.713. The Balaban J connectivity index is 2.06. The van der Waals surface area contributed by atoms with Gasteiger partial charge in [-0.05, 0) is 37.5 Å². The minimum absolute atomic E-state index is 0.0942. The van der Waals surface area contributed by atoms with Crippen LogP contribution in [0.25, 0.3) is 0 Å². The second-order valence-electron chi connectivity index (χ2n) is 5.58. The Labute approximate surface area is 140 Å². The Morgan fingerprint density at radius 1 is 1.35 bits per heavy atom. The van der Waals surface area contributed by atoms with Gasteiger partial charge in [-0.2, -0.15) is 0 Å². The van der Waals surface area contributed by atoms with Crippen LogP contribution in [0.1, 0.15) is 36.5 Å². The zero-order valence-electron chi connectivity index (χ0n) is 13.1. The molecule has 1 aromatic rings. The molecule has 1 aliphatic rings. The number of urea groups is 1. The van der Waals surface area contributed by atoms with Gasteiger partial charge in [-0.15, -0.1) is 0 Å². The lowest BCUT2D eigenvalue weighted by atomic mass is 10.2. The fourth-order valence-electron chi connectivity index (χ4n) is 2.18. The fourth-order valence-corrected chi connectivity index (χ4v) is 2.38. The first-order chi connectivity index (χ1) is 11.0. The molecule has 3 N–H and O–H groups in total. The molecule has 7 heteroatoms. The summed E-state index contributed by atoms with van der Waals surface area (Å²) in [6.07, 6.45) is 2.78. The number of nitrogens with one attached hydrogen (secondary N) is 2. The molecule has 6 nitrogen and oxygen atoms in total. The van der Waals surface area contributed by atoms with Crippen molar-refractivity contribution in [1.82, 2.24) is 10.2 Å². The second-order valence-corrected chi connectivity index (χ2v) is 5.99. The van der Waals surface area contributed by atoms with Gasteiger partial charge >= 0.3 is 6.03 Å². The van der Waals surface area contributed by atoms with Crippen molar-refractivity contribution in [2.24, 2.45) is 0 Å². The van der Waals surface area contributed by atoms with E-state index in [-0.39, 0.29) is 31.1 Å². The van der Waals surface area contributed by atoms with Gasteiger partial charge in [0, 0.05) is 24.8 Å². The van der Waals surface area contributed by atoms with Gasteiger partial charge in [0.1, 0.15) is 0 Å². The molecule has 0 aliphatic heterocycles. The molecule has 3 amide bonds. The zero-order valence-corrected chi connectivity index (χ0v) is 13.9. The molecule has 0 radical (unpaired) electrons. The topological polar surface area (TPSA) is 81.7 Å². The fraction of sp³-hybridized carbons (Fsp3) is 0.500. The maximum atomic E-state index is 12.2. The van der Waals surface area contributed by atoms with E-state index in [4.69, 9.17) is 16.7 Å². The summed E-state index contributed by atoms with van der Waals surface area (Å²) in [6.45, 7) is 2.68. The van der Waals surface area contributed by atoms with Crippen molar-refractivity contribution in [2.45, 2.75) is 32.2 Å². The molecule has 0 spiro atoms. The Bertz CT molecular complexity index is 570. The Morgan fingerprint density at radius 2 is 2.09 bits per heavy atom. The molecule has 1 saturated carbocycles. The molecule has 0 bridgehead atoms. The van der Waals surface area contributed by atoms with Crippen LogP contribution in [0.3, 0.4) is 0 Å². The van der Waals surface area contributed by atoms with E-state index in [1.165, 1.54) is 4.90 Å². The normalized spacial score (nSPS) is 13.5. The third-order valence-corrected chi connectivity index (χ3v) is 3.86. The van der Waals surface area contributed by atoms with Crippen molar-refractivity contribution >= 4 is 29.2 Å². The van der Waals surface area contributed by atoms with Crippen molar-refractivity contribution in [3.8, 4) is 0 Å². The summed E-state index contributed by atoms with van der Waals surface area (Å²) in [6, 6.07) is 4.74. The molecule has 126 valence electrons. The molecule has 1 fully saturated rings. The summed E-state index contributed by atoms with van der Waals surface area (Å²) >= 11 is 6.08. The second kappa shape index (κ2) is 8.17. The van der Waals surface area contributed by atoms with E-state index in [0.717, 1.165) is 19.3 Å². The number of hydrogen-bond donors (Lipinski definition) is 3. The molecular formula is C16H22ClN3O3. The predicted octanol–water partition coefficient (Wildman–Crippen LogP) is 2.47. The van der Waals surface area contributed by atoms with Gasteiger partial charge in [0.25, 0.3) is 5.91 Å². The first-order valence-corrected chi connectivity index (χ1v) is 8.20. The Morgan fingerprint density at radius 3 is 2.70 bits per heavy atom. The minimum Gasteiger partial charge on any atom is -0.395 e. The smallest absolute Gasteiger partial charge is 0.321 e. The van der Waals surface area contributed by atoms with Gasteiger partial charge < -0.3 is 20.6 Å².